The first-order chi connectivity index (χ1) is 12.7. The van der Waals surface area contributed by atoms with Crippen molar-refractivity contribution in [3.8, 4) is 12.1 Å². The zero-order valence-electron chi connectivity index (χ0n) is 14.3. The molecule has 26 heavy (non-hydrogen) atoms. The van der Waals surface area contributed by atoms with Crippen LogP contribution in [-0.4, -0.2) is 5.91 Å². The molecule has 3 rings (SSSR count). The van der Waals surface area contributed by atoms with Gasteiger partial charge < -0.3 is 5.32 Å². The second kappa shape index (κ2) is 7.91. The number of carbonyl (C=O) groups excluding carboxylic acids is 1. The number of carbonyl (C=O) groups is 1. The average molecular weight is 359 g/mol. The average Bonchev–Trinajstić information content (AvgIpc) is 2.67. The summed E-state index contributed by atoms with van der Waals surface area (Å²) in [6.45, 7) is 1.93. The quantitative estimate of drug-likeness (QED) is 0.894. The van der Waals surface area contributed by atoms with E-state index in [4.69, 9.17) is 0 Å². The van der Waals surface area contributed by atoms with Gasteiger partial charge in [0.2, 0.25) is 5.91 Å². The number of thioether (sulfide) groups is 1. The monoisotopic (exact) mass is 359 g/mol. The van der Waals surface area contributed by atoms with Crippen LogP contribution in [0.3, 0.4) is 0 Å². The number of nitriles is 2. The highest BCUT2D eigenvalue weighted by molar-refractivity contribution is 8.02. The molecule has 0 radical (unpaired) electrons. The standard InChI is InChI=1S/C21H17N3OS/c1-14-7-5-6-10-16(14)19-17(11-22)20(25)24-21(18(19)12-23)26-13-15-8-3-2-4-9-15/h2-10,17,19H,13H2,1H3,(H,24,25)/t17-,19+/m0/s1. The van der Waals surface area contributed by atoms with Crippen LogP contribution in [0.15, 0.2) is 65.2 Å². The molecular formula is C21H17N3OS. The number of aryl methyl sites for hydroxylation is 1. The molecule has 2 aromatic rings. The van der Waals surface area contributed by atoms with Gasteiger partial charge in [-0.25, -0.2) is 0 Å². The van der Waals surface area contributed by atoms with Crippen molar-refractivity contribution in [1.82, 2.24) is 5.32 Å². The molecule has 1 N–H and O–H groups in total. The first kappa shape index (κ1) is 17.8. The van der Waals surface area contributed by atoms with E-state index in [2.05, 4.69) is 17.5 Å². The van der Waals surface area contributed by atoms with Crippen LogP contribution < -0.4 is 5.32 Å². The molecule has 2 atom stereocenters. The van der Waals surface area contributed by atoms with Crippen molar-refractivity contribution in [1.29, 1.82) is 10.5 Å². The lowest BCUT2D eigenvalue weighted by Crippen LogP contribution is -2.39. The van der Waals surface area contributed by atoms with Gasteiger partial charge in [0.25, 0.3) is 0 Å². The molecule has 2 aromatic carbocycles. The van der Waals surface area contributed by atoms with Crippen LogP contribution in [0.4, 0.5) is 0 Å². The molecule has 128 valence electrons. The maximum absolute atomic E-state index is 12.5. The topological polar surface area (TPSA) is 76.7 Å². The number of nitrogens with zero attached hydrogens (tertiary/aromatic N) is 2. The van der Waals surface area contributed by atoms with Crippen LogP contribution in [0.5, 0.6) is 0 Å². The second-order valence-corrected chi connectivity index (χ2v) is 7.04. The van der Waals surface area contributed by atoms with E-state index in [-0.39, 0.29) is 5.91 Å². The normalized spacial score (nSPS) is 19.4. The van der Waals surface area contributed by atoms with E-state index in [1.54, 1.807) is 0 Å². The minimum Gasteiger partial charge on any atom is -0.319 e. The van der Waals surface area contributed by atoms with Crippen molar-refractivity contribution in [2.75, 3.05) is 0 Å². The highest BCUT2D eigenvalue weighted by atomic mass is 32.2. The van der Waals surface area contributed by atoms with Crippen LogP contribution in [0, 0.1) is 35.5 Å². The fourth-order valence-electron chi connectivity index (χ4n) is 3.08. The van der Waals surface area contributed by atoms with E-state index < -0.39 is 11.8 Å². The largest absolute Gasteiger partial charge is 0.319 e. The number of benzene rings is 2. The van der Waals surface area contributed by atoms with Crippen LogP contribution >= 0.6 is 11.8 Å². The Morgan fingerprint density at radius 1 is 1.08 bits per heavy atom. The third-order valence-corrected chi connectivity index (χ3v) is 5.51. The minimum absolute atomic E-state index is 0.352. The molecular weight excluding hydrogens is 342 g/mol. The minimum atomic E-state index is -0.910. The Hall–Kier alpha value is -3.02. The summed E-state index contributed by atoms with van der Waals surface area (Å²) in [6, 6.07) is 21.8. The molecule has 1 amide bonds. The molecule has 0 spiro atoms. The van der Waals surface area contributed by atoms with Gasteiger partial charge in [0.15, 0.2) is 0 Å². The maximum Gasteiger partial charge on any atom is 0.243 e. The summed E-state index contributed by atoms with van der Waals surface area (Å²) in [5, 5.41) is 22.7. The predicted octanol–water partition coefficient (Wildman–Crippen LogP) is 4.02. The van der Waals surface area contributed by atoms with Crippen LogP contribution in [0.2, 0.25) is 0 Å². The zero-order chi connectivity index (χ0) is 18.5. The predicted molar refractivity (Wildman–Crippen MR) is 102 cm³/mol. The third kappa shape index (κ3) is 3.49. The highest BCUT2D eigenvalue weighted by Crippen LogP contribution is 2.40. The van der Waals surface area contributed by atoms with E-state index in [0.717, 1.165) is 16.7 Å². The van der Waals surface area contributed by atoms with Gasteiger partial charge >= 0.3 is 0 Å². The van der Waals surface area contributed by atoms with Gasteiger partial charge in [-0.15, -0.1) is 11.8 Å². The lowest BCUT2D eigenvalue weighted by atomic mass is 9.78. The summed E-state index contributed by atoms with van der Waals surface area (Å²) in [7, 11) is 0. The fourth-order valence-corrected chi connectivity index (χ4v) is 4.09. The fraction of sp³-hybridized carbons (Fsp3) is 0.190. The summed E-state index contributed by atoms with van der Waals surface area (Å²) >= 11 is 1.42. The van der Waals surface area contributed by atoms with Gasteiger partial charge in [-0.3, -0.25) is 4.79 Å². The Labute approximate surface area is 157 Å². The van der Waals surface area contributed by atoms with Gasteiger partial charge in [-0.05, 0) is 23.6 Å². The van der Waals surface area contributed by atoms with Crippen molar-refractivity contribution in [3.63, 3.8) is 0 Å². The number of amides is 1. The number of nitrogens with one attached hydrogen (secondary N) is 1. The molecule has 0 aromatic heterocycles. The molecule has 1 aliphatic rings. The molecule has 0 unspecified atom stereocenters. The molecule has 5 heteroatoms. The van der Waals surface area contributed by atoms with E-state index in [9.17, 15) is 15.3 Å². The molecule has 0 fully saturated rings. The zero-order valence-corrected chi connectivity index (χ0v) is 15.1. The Balaban J connectivity index is 2.01. The lowest BCUT2D eigenvalue weighted by Gasteiger charge is -2.29. The smallest absolute Gasteiger partial charge is 0.243 e. The Kier molecular flexibility index (Phi) is 5.41. The third-order valence-electron chi connectivity index (χ3n) is 4.42. The van der Waals surface area contributed by atoms with Crippen molar-refractivity contribution < 1.29 is 4.79 Å². The first-order valence-electron chi connectivity index (χ1n) is 8.22. The maximum atomic E-state index is 12.5. The first-order valence-corrected chi connectivity index (χ1v) is 9.21. The molecule has 0 bridgehead atoms. The Bertz CT molecular complexity index is 938. The number of rotatable bonds is 4. The number of hydrogen-bond acceptors (Lipinski definition) is 4. The van der Waals surface area contributed by atoms with Gasteiger partial charge in [-0.2, -0.15) is 10.5 Å². The summed E-state index contributed by atoms with van der Waals surface area (Å²) in [6.07, 6.45) is 0. The Morgan fingerprint density at radius 3 is 2.42 bits per heavy atom. The molecule has 1 aliphatic heterocycles. The summed E-state index contributed by atoms with van der Waals surface area (Å²) in [4.78, 5) is 12.5. The molecule has 4 nitrogen and oxygen atoms in total. The molecule has 0 saturated carbocycles. The van der Waals surface area contributed by atoms with Crippen molar-refractivity contribution in [2.24, 2.45) is 5.92 Å². The van der Waals surface area contributed by atoms with Gasteiger partial charge in [0, 0.05) is 11.7 Å². The van der Waals surface area contributed by atoms with Gasteiger partial charge in [-0.1, -0.05) is 54.6 Å². The summed E-state index contributed by atoms with van der Waals surface area (Å²) < 4.78 is 0. The number of hydrogen-bond donors (Lipinski definition) is 1. The van der Waals surface area contributed by atoms with E-state index in [1.165, 1.54) is 11.8 Å². The van der Waals surface area contributed by atoms with Crippen molar-refractivity contribution >= 4 is 17.7 Å². The van der Waals surface area contributed by atoms with Crippen LogP contribution in [-0.2, 0) is 10.5 Å². The van der Waals surface area contributed by atoms with Crippen molar-refractivity contribution in [2.45, 2.75) is 18.6 Å². The molecule has 0 saturated heterocycles. The van der Waals surface area contributed by atoms with Gasteiger partial charge in [0.1, 0.15) is 5.92 Å². The van der Waals surface area contributed by atoms with E-state index in [1.807, 2.05) is 61.5 Å². The highest BCUT2D eigenvalue weighted by Gasteiger charge is 2.39. The van der Waals surface area contributed by atoms with Crippen molar-refractivity contribution in [3.05, 3.63) is 81.9 Å². The van der Waals surface area contributed by atoms with Crippen LogP contribution in [0.1, 0.15) is 22.6 Å². The van der Waals surface area contributed by atoms with Gasteiger partial charge in [0.05, 0.1) is 22.7 Å². The Morgan fingerprint density at radius 2 is 1.77 bits per heavy atom. The van der Waals surface area contributed by atoms with E-state index >= 15 is 0 Å². The lowest BCUT2D eigenvalue weighted by molar-refractivity contribution is -0.123. The SMILES string of the molecule is Cc1ccccc1[C@H]1C(C#N)=C(SCc2ccccc2)NC(=O)[C@H]1C#N. The number of allylic oxidation sites excluding steroid dienone is 1. The summed E-state index contributed by atoms with van der Waals surface area (Å²) in [5.41, 5.74) is 3.37. The summed E-state index contributed by atoms with van der Waals surface area (Å²) in [5.74, 6) is -1.17. The van der Waals surface area contributed by atoms with Crippen LogP contribution in [0.25, 0.3) is 0 Å². The molecule has 0 aliphatic carbocycles. The molecule has 1 heterocycles. The second-order valence-electron chi connectivity index (χ2n) is 6.06. The van der Waals surface area contributed by atoms with E-state index in [0.29, 0.717) is 16.4 Å².